The van der Waals surface area contributed by atoms with Gasteiger partial charge in [0.1, 0.15) is 22.1 Å². The van der Waals surface area contributed by atoms with Crippen LogP contribution in [0.15, 0.2) is 50.4 Å². The zero-order valence-corrected chi connectivity index (χ0v) is 15.2. The fourth-order valence-corrected chi connectivity index (χ4v) is 2.97. The van der Waals surface area contributed by atoms with E-state index in [9.17, 15) is 26.2 Å². The summed E-state index contributed by atoms with van der Waals surface area (Å²) in [5.41, 5.74) is 5.08. The summed E-state index contributed by atoms with van der Waals surface area (Å²) in [6, 6.07) is 4.89. The van der Waals surface area contributed by atoms with E-state index < -0.39 is 35.7 Å². The summed E-state index contributed by atoms with van der Waals surface area (Å²) in [5, 5.41) is 9.63. The lowest BCUT2D eigenvalue weighted by molar-refractivity contribution is -0.114. The van der Waals surface area contributed by atoms with Crippen molar-refractivity contribution in [2.24, 2.45) is 10.2 Å². The van der Waals surface area contributed by atoms with Crippen LogP contribution in [-0.4, -0.2) is 36.8 Å². The first-order valence-electron chi connectivity index (χ1n) is 6.93. The Morgan fingerprint density at radius 1 is 1.04 bits per heavy atom. The highest BCUT2D eigenvalue weighted by atomic mass is 32.2. The van der Waals surface area contributed by atoms with Crippen molar-refractivity contribution in [2.75, 3.05) is 11.1 Å². The number of hydrogen-bond donors (Lipinski definition) is 4. The normalized spacial score (nSPS) is 12.3. The third kappa shape index (κ3) is 5.27. The Hall–Kier alpha value is -2.94. The highest BCUT2D eigenvalue weighted by Crippen LogP contribution is 2.30. The fraction of sp³-hybridized carbons (Fsp3) is 0.0769. The second-order valence-electron chi connectivity index (χ2n) is 5.06. The molecule has 12 nitrogen and oxygen atoms in total. The third-order valence-electron chi connectivity index (χ3n) is 2.98. The molecule has 0 aliphatic carbocycles. The van der Waals surface area contributed by atoms with Gasteiger partial charge in [0.05, 0.1) is 4.90 Å². The number of hydrogen-bond acceptors (Lipinski definition) is 9. The van der Waals surface area contributed by atoms with Gasteiger partial charge in [0.15, 0.2) is 5.82 Å². The van der Waals surface area contributed by atoms with E-state index in [0.29, 0.717) is 6.07 Å². The van der Waals surface area contributed by atoms with E-state index in [4.69, 9.17) is 10.3 Å². The second-order valence-corrected chi connectivity index (χ2v) is 7.87. The Kier molecular flexibility index (Phi) is 5.55. The van der Waals surface area contributed by atoms with Crippen molar-refractivity contribution in [1.82, 2.24) is 4.98 Å². The molecule has 2 aromatic rings. The van der Waals surface area contributed by atoms with E-state index >= 15 is 0 Å². The van der Waals surface area contributed by atoms with E-state index in [1.807, 2.05) is 0 Å². The van der Waals surface area contributed by atoms with Gasteiger partial charge in [-0.3, -0.25) is 13.9 Å². The number of nitrogen functional groups attached to an aromatic ring is 1. The molecule has 0 unspecified atom stereocenters. The van der Waals surface area contributed by atoms with E-state index in [2.05, 4.69) is 20.5 Å². The fourth-order valence-electron chi connectivity index (χ4n) is 1.86. The number of aromatic nitrogens is 1. The molecular weight excluding hydrogens is 402 g/mol. The summed E-state index contributed by atoms with van der Waals surface area (Å²) in [6.07, 6.45) is 0. The Balaban J connectivity index is 2.50. The molecule has 144 valence electrons. The molecule has 0 fully saturated rings. The van der Waals surface area contributed by atoms with Gasteiger partial charge in [0.25, 0.3) is 20.2 Å². The molecule has 1 aromatic carbocycles. The summed E-state index contributed by atoms with van der Waals surface area (Å²) < 4.78 is 63.5. The van der Waals surface area contributed by atoms with Crippen LogP contribution in [-0.2, 0) is 25.0 Å². The standard InChI is InChI=1S/C13H13N5O7S2/c1-7(19)15-12-5-3-9(13(14)16-12)17-18-10-6-8(26(20,21)22)2-4-11(10)27(23,24)25/h2-6H,1H3,(H,20,21,22)(H,23,24,25)(H3,14,15,16,19). The summed E-state index contributed by atoms with van der Waals surface area (Å²) in [4.78, 5) is 13.4. The van der Waals surface area contributed by atoms with Crippen LogP contribution in [0.4, 0.5) is 23.0 Å². The summed E-state index contributed by atoms with van der Waals surface area (Å²) in [6.45, 7) is 1.27. The highest BCUT2D eigenvalue weighted by Gasteiger charge is 2.20. The van der Waals surface area contributed by atoms with Crippen molar-refractivity contribution < 1.29 is 30.7 Å². The van der Waals surface area contributed by atoms with Crippen molar-refractivity contribution in [3.63, 3.8) is 0 Å². The van der Waals surface area contributed by atoms with Gasteiger partial charge in [0, 0.05) is 6.92 Å². The van der Waals surface area contributed by atoms with E-state index in [1.165, 1.54) is 19.1 Å². The predicted octanol–water partition coefficient (Wildman–Crippen LogP) is 1.53. The van der Waals surface area contributed by atoms with Gasteiger partial charge in [-0.25, -0.2) is 4.98 Å². The maximum atomic E-state index is 11.4. The summed E-state index contributed by atoms with van der Waals surface area (Å²) in [5.74, 6) is -0.397. The Bertz CT molecular complexity index is 1140. The number of pyridine rings is 1. The van der Waals surface area contributed by atoms with Crippen molar-refractivity contribution in [1.29, 1.82) is 0 Å². The quantitative estimate of drug-likeness (QED) is 0.412. The Labute approximate surface area is 153 Å². The molecule has 0 spiro atoms. The van der Waals surface area contributed by atoms with Crippen molar-refractivity contribution in [3.8, 4) is 0 Å². The minimum absolute atomic E-state index is 0.0253. The molecule has 1 aromatic heterocycles. The smallest absolute Gasteiger partial charge is 0.296 e. The maximum Gasteiger partial charge on any atom is 0.296 e. The monoisotopic (exact) mass is 415 g/mol. The van der Waals surface area contributed by atoms with E-state index in [0.717, 1.165) is 12.1 Å². The largest absolute Gasteiger partial charge is 0.382 e. The molecule has 0 atom stereocenters. The molecule has 1 amide bonds. The molecule has 0 aliphatic rings. The number of amides is 1. The number of carbonyl (C=O) groups is 1. The van der Waals surface area contributed by atoms with Gasteiger partial charge >= 0.3 is 0 Å². The van der Waals surface area contributed by atoms with Gasteiger partial charge in [-0.2, -0.15) is 16.8 Å². The molecule has 0 bridgehead atoms. The average Bonchev–Trinajstić information content (AvgIpc) is 2.51. The van der Waals surface area contributed by atoms with Gasteiger partial charge in [-0.05, 0) is 30.3 Å². The minimum Gasteiger partial charge on any atom is -0.382 e. The zero-order valence-electron chi connectivity index (χ0n) is 13.6. The molecule has 2 rings (SSSR count). The van der Waals surface area contributed by atoms with Crippen LogP contribution in [0.2, 0.25) is 0 Å². The zero-order chi connectivity index (χ0) is 20.4. The lowest BCUT2D eigenvalue weighted by atomic mass is 10.3. The Morgan fingerprint density at radius 3 is 2.19 bits per heavy atom. The maximum absolute atomic E-state index is 11.4. The number of anilines is 2. The molecule has 0 radical (unpaired) electrons. The third-order valence-corrected chi connectivity index (χ3v) is 4.73. The summed E-state index contributed by atoms with van der Waals surface area (Å²) >= 11 is 0. The number of nitrogens with zero attached hydrogens (tertiary/aromatic N) is 3. The lowest BCUT2D eigenvalue weighted by Crippen LogP contribution is -2.08. The highest BCUT2D eigenvalue weighted by molar-refractivity contribution is 7.86. The second kappa shape index (κ2) is 7.36. The molecule has 27 heavy (non-hydrogen) atoms. The molecule has 0 saturated heterocycles. The van der Waals surface area contributed by atoms with Gasteiger partial charge in [-0.1, -0.05) is 0 Å². The molecule has 5 N–H and O–H groups in total. The van der Waals surface area contributed by atoms with E-state index in [-0.39, 0.29) is 23.2 Å². The minimum atomic E-state index is -4.76. The molecular formula is C13H13N5O7S2. The number of nitrogens with one attached hydrogen (secondary N) is 1. The van der Waals surface area contributed by atoms with Crippen molar-refractivity contribution in [3.05, 3.63) is 30.3 Å². The number of nitrogens with two attached hydrogens (primary N) is 1. The number of benzene rings is 1. The van der Waals surface area contributed by atoms with Crippen LogP contribution in [0.5, 0.6) is 0 Å². The van der Waals surface area contributed by atoms with Crippen LogP contribution >= 0.6 is 0 Å². The SMILES string of the molecule is CC(=O)Nc1ccc(N=Nc2cc(S(=O)(=O)O)ccc2S(=O)(=O)O)c(N)n1. The van der Waals surface area contributed by atoms with Gasteiger partial charge in [0.2, 0.25) is 5.91 Å². The molecule has 0 aliphatic heterocycles. The van der Waals surface area contributed by atoms with Gasteiger partial charge in [-0.15, -0.1) is 10.2 Å². The topological polar surface area (TPSA) is 201 Å². The lowest BCUT2D eigenvalue weighted by Gasteiger charge is -2.05. The number of azo groups is 1. The molecule has 0 saturated carbocycles. The number of carbonyl (C=O) groups excluding carboxylic acids is 1. The van der Waals surface area contributed by atoms with Gasteiger partial charge < -0.3 is 11.1 Å². The first kappa shape index (κ1) is 20.4. The van der Waals surface area contributed by atoms with Crippen LogP contribution in [0.1, 0.15) is 6.92 Å². The van der Waals surface area contributed by atoms with Crippen molar-refractivity contribution >= 4 is 49.2 Å². The molecule has 14 heteroatoms. The van der Waals surface area contributed by atoms with E-state index in [1.54, 1.807) is 0 Å². The van der Waals surface area contributed by atoms with Crippen LogP contribution in [0.3, 0.4) is 0 Å². The summed E-state index contributed by atoms with van der Waals surface area (Å²) in [7, 11) is -9.41. The van der Waals surface area contributed by atoms with Crippen LogP contribution in [0, 0.1) is 0 Å². The predicted molar refractivity (Wildman–Crippen MR) is 93.2 cm³/mol. The van der Waals surface area contributed by atoms with Crippen LogP contribution in [0.25, 0.3) is 0 Å². The average molecular weight is 415 g/mol. The van der Waals surface area contributed by atoms with Crippen molar-refractivity contribution in [2.45, 2.75) is 16.7 Å². The first-order chi connectivity index (χ1) is 12.4. The molecule has 1 heterocycles. The van der Waals surface area contributed by atoms with Crippen LogP contribution < -0.4 is 11.1 Å². The first-order valence-corrected chi connectivity index (χ1v) is 9.81. The Morgan fingerprint density at radius 2 is 1.67 bits per heavy atom. The number of rotatable bonds is 5.